The number of hydrogen-bond donors (Lipinski definition) is 1. The van der Waals surface area contributed by atoms with E-state index in [4.69, 9.17) is 9.97 Å². The summed E-state index contributed by atoms with van der Waals surface area (Å²) in [5.41, 5.74) is 2.52. The first-order valence-corrected chi connectivity index (χ1v) is 9.62. The van der Waals surface area contributed by atoms with Crippen molar-refractivity contribution in [2.45, 2.75) is 57.2 Å². The highest BCUT2D eigenvalue weighted by atomic mass is 15.2. The maximum Gasteiger partial charge on any atom is 0.126 e. The van der Waals surface area contributed by atoms with Crippen molar-refractivity contribution in [1.82, 2.24) is 24.8 Å². The van der Waals surface area contributed by atoms with Gasteiger partial charge < -0.3 is 9.88 Å². The Kier molecular flexibility index (Phi) is 4.86. The molecule has 2 fully saturated rings. The summed E-state index contributed by atoms with van der Waals surface area (Å²) in [6.07, 6.45) is 12.1. The number of nitrogens with one attached hydrogen (secondary N) is 1. The van der Waals surface area contributed by atoms with Crippen LogP contribution in [0.4, 0.5) is 0 Å². The Morgan fingerprint density at radius 2 is 1.84 bits per heavy atom. The van der Waals surface area contributed by atoms with Crippen LogP contribution in [0.3, 0.4) is 0 Å². The monoisotopic (exact) mass is 339 g/mol. The smallest absolute Gasteiger partial charge is 0.126 e. The number of imidazole rings is 1. The number of hydrogen-bond acceptors (Lipinski definition) is 4. The molecule has 0 amide bonds. The van der Waals surface area contributed by atoms with Gasteiger partial charge in [0.2, 0.25) is 0 Å². The van der Waals surface area contributed by atoms with Crippen LogP contribution in [0.15, 0.2) is 30.7 Å². The molecule has 0 saturated carbocycles. The largest absolute Gasteiger partial charge is 0.330 e. The van der Waals surface area contributed by atoms with Crippen molar-refractivity contribution in [2.24, 2.45) is 0 Å². The molecule has 0 bridgehead atoms. The van der Waals surface area contributed by atoms with E-state index < -0.39 is 0 Å². The van der Waals surface area contributed by atoms with Crippen LogP contribution in [0.1, 0.15) is 67.3 Å². The Balaban J connectivity index is 1.61. The zero-order valence-electron chi connectivity index (χ0n) is 15.4. The first-order valence-electron chi connectivity index (χ1n) is 9.62. The second-order valence-corrected chi connectivity index (χ2v) is 7.51. The molecule has 2 aliphatic rings. The van der Waals surface area contributed by atoms with Crippen LogP contribution >= 0.6 is 0 Å². The quantitative estimate of drug-likeness (QED) is 0.931. The second kappa shape index (κ2) is 7.26. The van der Waals surface area contributed by atoms with Crippen molar-refractivity contribution in [3.63, 3.8) is 0 Å². The number of pyridine rings is 1. The van der Waals surface area contributed by atoms with Crippen LogP contribution in [0.5, 0.6) is 0 Å². The molecule has 25 heavy (non-hydrogen) atoms. The average Bonchev–Trinajstić information content (AvgIpc) is 3.13. The van der Waals surface area contributed by atoms with Gasteiger partial charge in [-0.15, -0.1) is 0 Å². The molecule has 2 aromatic heterocycles. The third-order valence-corrected chi connectivity index (χ3v) is 6.00. The van der Waals surface area contributed by atoms with Gasteiger partial charge in [0.15, 0.2) is 0 Å². The van der Waals surface area contributed by atoms with E-state index in [0.29, 0.717) is 18.1 Å². The van der Waals surface area contributed by atoms with E-state index in [1.807, 2.05) is 18.5 Å². The third kappa shape index (κ3) is 3.23. The molecule has 0 spiro atoms. The zero-order chi connectivity index (χ0) is 17.2. The molecule has 4 heterocycles. The van der Waals surface area contributed by atoms with Crippen LogP contribution in [-0.2, 0) is 0 Å². The Bertz CT molecular complexity index is 704. The van der Waals surface area contributed by atoms with E-state index >= 15 is 0 Å². The Labute approximate surface area is 150 Å². The molecule has 0 radical (unpaired) electrons. The fraction of sp³-hybridized carbons (Fsp3) is 0.600. The molecule has 2 atom stereocenters. The lowest BCUT2D eigenvalue weighted by molar-refractivity contribution is 0.101. The number of aryl methyl sites for hydroxylation is 1. The summed E-state index contributed by atoms with van der Waals surface area (Å²) in [7, 11) is 2.25. The minimum Gasteiger partial charge on any atom is -0.330 e. The highest BCUT2D eigenvalue weighted by Crippen LogP contribution is 2.40. The molecule has 0 unspecified atom stereocenters. The molecule has 2 saturated heterocycles. The van der Waals surface area contributed by atoms with Crippen LogP contribution < -0.4 is 5.32 Å². The van der Waals surface area contributed by atoms with Gasteiger partial charge in [-0.1, -0.05) is 6.07 Å². The molecule has 1 N–H and O–H groups in total. The van der Waals surface area contributed by atoms with Crippen molar-refractivity contribution >= 4 is 0 Å². The number of nitrogens with zero attached hydrogens (tertiary/aromatic N) is 4. The zero-order valence-corrected chi connectivity index (χ0v) is 15.4. The van der Waals surface area contributed by atoms with Crippen LogP contribution in [0.25, 0.3) is 0 Å². The summed E-state index contributed by atoms with van der Waals surface area (Å²) in [6.45, 7) is 4.40. The third-order valence-electron chi connectivity index (χ3n) is 6.00. The highest BCUT2D eigenvalue weighted by molar-refractivity contribution is 5.22. The lowest BCUT2D eigenvalue weighted by Crippen LogP contribution is -2.37. The van der Waals surface area contributed by atoms with E-state index in [0.717, 1.165) is 13.1 Å². The van der Waals surface area contributed by atoms with E-state index in [9.17, 15) is 0 Å². The van der Waals surface area contributed by atoms with E-state index in [2.05, 4.69) is 41.0 Å². The molecule has 134 valence electrons. The molecular formula is C20H29N5. The lowest BCUT2D eigenvalue weighted by atomic mass is 9.91. The van der Waals surface area contributed by atoms with Gasteiger partial charge in [-0.25, -0.2) is 4.98 Å². The standard InChI is InChI=1S/C20H29N5/c1-15-5-4-10-22-19(15)17-6-3-7-18(24(17)2)20-23-13-14-25(20)16-8-11-21-12-9-16/h4-5,10,13-14,16-18,21H,3,6-9,11-12H2,1-2H3/t17-,18+/m0/s1. The molecule has 2 aromatic rings. The Morgan fingerprint density at radius 1 is 1.04 bits per heavy atom. The SMILES string of the molecule is Cc1cccnc1[C@@H]1CCC[C@H](c2nccn2C2CCNCC2)N1C. The van der Waals surface area contributed by atoms with Crippen LogP contribution in [0, 0.1) is 6.92 Å². The van der Waals surface area contributed by atoms with Crippen molar-refractivity contribution in [1.29, 1.82) is 0 Å². The van der Waals surface area contributed by atoms with E-state index in [-0.39, 0.29) is 0 Å². The maximum absolute atomic E-state index is 4.80. The molecule has 0 aliphatic carbocycles. The molecule has 4 rings (SSSR count). The molecular weight excluding hydrogens is 310 g/mol. The Hall–Kier alpha value is -1.72. The first kappa shape index (κ1) is 16.7. The fourth-order valence-corrected chi connectivity index (χ4v) is 4.59. The first-order chi connectivity index (χ1) is 12.3. The van der Waals surface area contributed by atoms with Gasteiger partial charge in [0.05, 0.1) is 17.8 Å². The number of rotatable bonds is 3. The number of piperidine rings is 2. The summed E-state index contributed by atoms with van der Waals surface area (Å²) < 4.78 is 2.45. The Morgan fingerprint density at radius 3 is 2.64 bits per heavy atom. The molecule has 0 aromatic carbocycles. The second-order valence-electron chi connectivity index (χ2n) is 7.51. The van der Waals surface area contributed by atoms with Gasteiger partial charge in [-0.2, -0.15) is 0 Å². The van der Waals surface area contributed by atoms with Gasteiger partial charge in [0.1, 0.15) is 5.82 Å². The molecule has 2 aliphatic heterocycles. The summed E-state index contributed by atoms with van der Waals surface area (Å²) in [6, 6.07) is 5.56. The van der Waals surface area contributed by atoms with Crippen molar-refractivity contribution < 1.29 is 0 Å². The average molecular weight is 339 g/mol. The van der Waals surface area contributed by atoms with Gasteiger partial charge in [-0.05, 0) is 70.8 Å². The highest BCUT2D eigenvalue weighted by Gasteiger charge is 2.34. The van der Waals surface area contributed by atoms with Crippen molar-refractivity contribution in [3.05, 3.63) is 47.8 Å². The van der Waals surface area contributed by atoms with Crippen LogP contribution in [0.2, 0.25) is 0 Å². The van der Waals surface area contributed by atoms with E-state index in [1.54, 1.807) is 0 Å². The molecule has 5 heteroatoms. The summed E-state index contributed by atoms with van der Waals surface area (Å²) in [4.78, 5) is 12.0. The van der Waals surface area contributed by atoms with Gasteiger partial charge in [0, 0.05) is 24.6 Å². The normalized spacial score (nSPS) is 26.0. The topological polar surface area (TPSA) is 46.0 Å². The number of likely N-dealkylation sites (tertiary alicyclic amines) is 1. The van der Waals surface area contributed by atoms with Crippen molar-refractivity contribution in [3.8, 4) is 0 Å². The summed E-state index contributed by atoms with van der Waals surface area (Å²) in [5, 5.41) is 3.47. The maximum atomic E-state index is 4.80. The minimum absolute atomic E-state index is 0.380. The van der Waals surface area contributed by atoms with Crippen LogP contribution in [-0.4, -0.2) is 39.6 Å². The van der Waals surface area contributed by atoms with Gasteiger partial charge in [0.25, 0.3) is 0 Å². The lowest BCUT2D eigenvalue weighted by Gasteiger charge is -2.40. The van der Waals surface area contributed by atoms with Gasteiger partial charge in [-0.3, -0.25) is 9.88 Å². The number of aromatic nitrogens is 3. The summed E-state index contributed by atoms with van der Waals surface area (Å²) in [5.74, 6) is 1.24. The fourth-order valence-electron chi connectivity index (χ4n) is 4.59. The predicted octanol–water partition coefficient (Wildman–Crippen LogP) is 3.41. The minimum atomic E-state index is 0.380. The summed E-state index contributed by atoms with van der Waals surface area (Å²) >= 11 is 0. The van der Waals surface area contributed by atoms with E-state index in [1.165, 1.54) is 49.2 Å². The molecule has 5 nitrogen and oxygen atoms in total. The predicted molar refractivity (Wildman–Crippen MR) is 99.4 cm³/mol. The van der Waals surface area contributed by atoms with Crippen molar-refractivity contribution in [2.75, 3.05) is 20.1 Å². The van der Waals surface area contributed by atoms with Gasteiger partial charge >= 0.3 is 0 Å².